The van der Waals surface area contributed by atoms with Crippen molar-refractivity contribution in [3.05, 3.63) is 77.4 Å². The summed E-state index contributed by atoms with van der Waals surface area (Å²) in [7, 11) is 1.63. The summed E-state index contributed by atoms with van der Waals surface area (Å²) in [5, 5.41) is 12.9. The Morgan fingerprint density at radius 1 is 0.853 bits per heavy atom. The zero-order valence-corrected chi connectivity index (χ0v) is 19.5. The van der Waals surface area contributed by atoms with Crippen LogP contribution in [0.2, 0.25) is 0 Å². The molecule has 0 unspecified atom stereocenters. The van der Waals surface area contributed by atoms with Gasteiger partial charge >= 0.3 is 0 Å². The molecule has 0 atom stereocenters. The minimum absolute atomic E-state index is 0.200. The summed E-state index contributed by atoms with van der Waals surface area (Å²) < 4.78 is 5.45. The van der Waals surface area contributed by atoms with Gasteiger partial charge in [-0.25, -0.2) is 0 Å². The van der Waals surface area contributed by atoms with Crippen LogP contribution in [0.4, 0.5) is 0 Å². The van der Waals surface area contributed by atoms with Gasteiger partial charge in [-0.3, -0.25) is 14.5 Å². The molecule has 0 aliphatic carbocycles. The number of nitrogens with zero attached hydrogens (tertiary/aromatic N) is 2. The molecule has 0 spiro atoms. The van der Waals surface area contributed by atoms with E-state index >= 15 is 0 Å². The van der Waals surface area contributed by atoms with E-state index in [9.17, 15) is 14.7 Å². The van der Waals surface area contributed by atoms with E-state index in [0.717, 1.165) is 54.6 Å². The SMILES string of the molecule is COc1ccccc1C1(O)CCN(CCCCN2C(=O)c3cccc4cccc(c34)C2=O)CC1. The Morgan fingerprint density at radius 3 is 2.12 bits per heavy atom. The Kier molecular flexibility index (Phi) is 6.11. The second kappa shape index (κ2) is 9.20. The number of carbonyl (C=O) groups is 2. The second-order valence-electron chi connectivity index (χ2n) is 9.25. The fourth-order valence-electron chi connectivity index (χ4n) is 5.33. The van der Waals surface area contributed by atoms with Crippen LogP contribution < -0.4 is 4.74 Å². The molecule has 0 saturated carbocycles. The van der Waals surface area contributed by atoms with Gasteiger partial charge in [0.25, 0.3) is 11.8 Å². The first-order chi connectivity index (χ1) is 16.5. The number of likely N-dealkylation sites (tertiary alicyclic amines) is 1. The lowest BCUT2D eigenvalue weighted by Gasteiger charge is -2.39. The van der Waals surface area contributed by atoms with Crippen molar-refractivity contribution in [3.8, 4) is 5.75 Å². The third-order valence-electron chi connectivity index (χ3n) is 7.25. The predicted molar refractivity (Wildman–Crippen MR) is 131 cm³/mol. The summed E-state index contributed by atoms with van der Waals surface area (Å²) in [6.45, 7) is 2.89. The van der Waals surface area contributed by atoms with Gasteiger partial charge in [0, 0.05) is 41.7 Å². The van der Waals surface area contributed by atoms with Crippen LogP contribution in [0.25, 0.3) is 10.8 Å². The Hall–Kier alpha value is -3.22. The molecule has 2 heterocycles. The van der Waals surface area contributed by atoms with Gasteiger partial charge in [0.1, 0.15) is 5.75 Å². The highest BCUT2D eigenvalue weighted by Crippen LogP contribution is 2.38. The number of methoxy groups -OCH3 is 1. The van der Waals surface area contributed by atoms with E-state index in [1.165, 1.54) is 4.90 Å². The van der Waals surface area contributed by atoms with Gasteiger partial charge in [0.15, 0.2) is 0 Å². The number of amides is 2. The number of piperidine rings is 1. The lowest BCUT2D eigenvalue weighted by atomic mass is 9.84. The maximum Gasteiger partial charge on any atom is 0.261 e. The van der Waals surface area contributed by atoms with Crippen LogP contribution in [0.3, 0.4) is 0 Å². The van der Waals surface area contributed by atoms with Gasteiger partial charge in [-0.1, -0.05) is 42.5 Å². The number of benzene rings is 3. The second-order valence-corrected chi connectivity index (χ2v) is 9.25. The van der Waals surface area contributed by atoms with Crippen LogP contribution in [-0.4, -0.2) is 60.0 Å². The Morgan fingerprint density at radius 2 is 1.47 bits per heavy atom. The van der Waals surface area contributed by atoms with Gasteiger partial charge < -0.3 is 14.7 Å². The molecule has 1 saturated heterocycles. The highest BCUT2D eigenvalue weighted by molar-refractivity contribution is 6.25. The topological polar surface area (TPSA) is 70.1 Å². The van der Waals surface area contributed by atoms with E-state index < -0.39 is 5.60 Å². The molecule has 3 aromatic rings. The fourth-order valence-corrected chi connectivity index (χ4v) is 5.33. The maximum absolute atomic E-state index is 13.0. The number of imide groups is 1. The fraction of sp³-hybridized carbons (Fsp3) is 0.357. The van der Waals surface area contributed by atoms with Crippen molar-refractivity contribution in [1.29, 1.82) is 0 Å². The van der Waals surface area contributed by atoms with Gasteiger partial charge in [-0.2, -0.15) is 0 Å². The lowest BCUT2D eigenvalue weighted by molar-refractivity contribution is -0.0277. The molecule has 1 N–H and O–H groups in total. The average Bonchev–Trinajstić information content (AvgIpc) is 2.87. The van der Waals surface area contributed by atoms with Crippen LogP contribution in [0.15, 0.2) is 60.7 Å². The van der Waals surface area contributed by atoms with E-state index in [2.05, 4.69) is 4.90 Å². The third kappa shape index (κ3) is 3.97. The van der Waals surface area contributed by atoms with E-state index in [0.29, 0.717) is 30.5 Å². The van der Waals surface area contributed by atoms with Crippen LogP contribution in [0.1, 0.15) is 52.0 Å². The van der Waals surface area contributed by atoms with Crippen molar-refractivity contribution < 1.29 is 19.4 Å². The minimum Gasteiger partial charge on any atom is -0.496 e. The van der Waals surface area contributed by atoms with Crippen LogP contribution in [-0.2, 0) is 5.60 Å². The summed E-state index contributed by atoms with van der Waals surface area (Å²) in [6, 6.07) is 18.9. The Labute approximate surface area is 199 Å². The third-order valence-corrected chi connectivity index (χ3v) is 7.25. The number of rotatable bonds is 7. The number of aliphatic hydroxyl groups is 1. The van der Waals surface area contributed by atoms with Crippen molar-refractivity contribution in [2.75, 3.05) is 33.3 Å². The molecular weight excluding hydrogens is 428 g/mol. The number of carbonyl (C=O) groups excluding carboxylic acids is 2. The average molecular weight is 459 g/mol. The molecule has 6 nitrogen and oxygen atoms in total. The van der Waals surface area contributed by atoms with E-state index in [4.69, 9.17) is 4.74 Å². The number of unbranched alkanes of at least 4 members (excludes halogenated alkanes) is 1. The molecule has 0 radical (unpaired) electrons. The monoisotopic (exact) mass is 458 g/mol. The predicted octanol–water partition coefficient (Wildman–Crippen LogP) is 4.21. The van der Waals surface area contributed by atoms with Crippen molar-refractivity contribution >= 4 is 22.6 Å². The molecule has 1 fully saturated rings. The van der Waals surface area contributed by atoms with Crippen molar-refractivity contribution in [2.24, 2.45) is 0 Å². The summed E-state index contributed by atoms with van der Waals surface area (Å²) in [5.74, 6) is 0.329. The van der Waals surface area contributed by atoms with Gasteiger partial charge in [-0.05, 0) is 55.8 Å². The summed E-state index contributed by atoms with van der Waals surface area (Å²) in [5.41, 5.74) is 1.21. The van der Waals surface area contributed by atoms with Crippen LogP contribution >= 0.6 is 0 Å². The number of para-hydroxylation sites is 1. The molecular formula is C28H30N2O4. The first-order valence-electron chi connectivity index (χ1n) is 12.0. The molecule has 2 aliphatic heterocycles. The van der Waals surface area contributed by atoms with Crippen LogP contribution in [0, 0.1) is 0 Å². The smallest absolute Gasteiger partial charge is 0.261 e. The molecule has 0 bridgehead atoms. The molecule has 176 valence electrons. The number of hydrogen-bond acceptors (Lipinski definition) is 5. The molecule has 2 aliphatic rings. The van der Waals surface area contributed by atoms with E-state index in [-0.39, 0.29) is 11.8 Å². The summed E-state index contributed by atoms with van der Waals surface area (Å²) >= 11 is 0. The number of ether oxygens (including phenoxy) is 1. The van der Waals surface area contributed by atoms with Gasteiger partial charge in [0.05, 0.1) is 12.7 Å². The van der Waals surface area contributed by atoms with Gasteiger partial charge in [0.2, 0.25) is 0 Å². The van der Waals surface area contributed by atoms with E-state index in [1.807, 2.05) is 60.7 Å². The molecule has 6 heteroatoms. The quantitative estimate of drug-likeness (QED) is 0.424. The first-order valence-corrected chi connectivity index (χ1v) is 12.0. The Balaban J connectivity index is 1.15. The van der Waals surface area contributed by atoms with Crippen molar-refractivity contribution in [3.63, 3.8) is 0 Å². The molecule has 2 amide bonds. The van der Waals surface area contributed by atoms with Crippen LogP contribution in [0.5, 0.6) is 5.75 Å². The Bertz CT molecular complexity index is 1180. The summed E-state index contributed by atoms with van der Waals surface area (Å²) in [4.78, 5) is 29.8. The van der Waals surface area contributed by atoms with E-state index in [1.54, 1.807) is 7.11 Å². The first kappa shape index (κ1) is 22.6. The molecule has 34 heavy (non-hydrogen) atoms. The number of hydrogen-bond donors (Lipinski definition) is 1. The van der Waals surface area contributed by atoms with Gasteiger partial charge in [-0.15, -0.1) is 0 Å². The molecule has 0 aromatic heterocycles. The zero-order valence-electron chi connectivity index (χ0n) is 19.5. The zero-order chi connectivity index (χ0) is 23.7. The maximum atomic E-state index is 13.0. The largest absolute Gasteiger partial charge is 0.496 e. The van der Waals surface area contributed by atoms with Crippen molar-refractivity contribution in [2.45, 2.75) is 31.3 Å². The molecule has 5 rings (SSSR count). The van der Waals surface area contributed by atoms with Crippen molar-refractivity contribution in [1.82, 2.24) is 9.80 Å². The molecule has 3 aromatic carbocycles. The standard InChI is InChI=1S/C28H30N2O4/c1-34-24-13-3-2-12-23(24)28(33)14-18-29(19-15-28)16-4-5-17-30-26(31)21-10-6-8-20-9-7-11-22(25(20)21)27(30)32/h2-3,6-13,33H,4-5,14-19H2,1H3. The highest BCUT2D eigenvalue weighted by Gasteiger charge is 2.36. The highest BCUT2D eigenvalue weighted by atomic mass is 16.5. The lowest BCUT2D eigenvalue weighted by Crippen LogP contribution is -2.43. The normalized spacial score (nSPS) is 17.9. The summed E-state index contributed by atoms with van der Waals surface area (Å²) in [6.07, 6.45) is 2.94. The minimum atomic E-state index is -0.871.